The van der Waals surface area contributed by atoms with E-state index in [1.807, 2.05) is 12.1 Å². The lowest BCUT2D eigenvalue weighted by Gasteiger charge is -2.30. The molecule has 2 aromatic carbocycles. The summed E-state index contributed by atoms with van der Waals surface area (Å²) in [7, 11) is 2.46. The van der Waals surface area contributed by atoms with Gasteiger partial charge in [-0.15, -0.1) is 0 Å². The van der Waals surface area contributed by atoms with Crippen LogP contribution in [0.1, 0.15) is 66.7 Å². The van der Waals surface area contributed by atoms with Crippen LogP contribution in [-0.4, -0.2) is 35.8 Å². The summed E-state index contributed by atoms with van der Waals surface area (Å²) in [6.07, 6.45) is -0.362. The first-order chi connectivity index (χ1) is 19.0. The van der Waals surface area contributed by atoms with Gasteiger partial charge in [-0.1, -0.05) is 59.7 Å². The number of benzene rings is 2. The predicted molar refractivity (Wildman–Crippen MR) is 145 cm³/mol. The van der Waals surface area contributed by atoms with E-state index in [0.717, 1.165) is 0 Å². The highest BCUT2D eigenvalue weighted by molar-refractivity contribution is 8.76. The van der Waals surface area contributed by atoms with E-state index in [4.69, 9.17) is 5.26 Å². The molecular formula is C28H28N4O6S2-2. The van der Waals surface area contributed by atoms with E-state index in [0.29, 0.717) is 20.9 Å². The zero-order valence-corrected chi connectivity index (χ0v) is 23.6. The van der Waals surface area contributed by atoms with Crippen molar-refractivity contribution in [2.24, 2.45) is 5.41 Å². The molecule has 2 aromatic rings. The van der Waals surface area contributed by atoms with Gasteiger partial charge in [0.25, 0.3) is 11.8 Å². The summed E-state index contributed by atoms with van der Waals surface area (Å²) >= 11 is 0. The number of carboxylic acids is 2. The summed E-state index contributed by atoms with van der Waals surface area (Å²) in [5, 5.41) is 45.9. The van der Waals surface area contributed by atoms with E-state index in [1.165, 1.54) is 35.4 Å². The van der Waals surface area contributed by atoms with Gasteiger partial charge in [-0.05, 0) is 43.5 Å². The normalized spacial score (nSPS) is 12.3. The van der Waals surface area contributed by atoms with Crippen molar-refractivity contribution in [3.63, 3.8) is 0 Å². The Balaban J connectivity index is 2.18. The van der Waals surface area contributed by atoms with Crippen molar-refractivity contribution in [2.45, 2.75) is 67.8 Å². The minimum Gasteiger partial charge on any atom is -0.550 e. The number of nitrogens with one attached hydrogen (secondary N) is 2. The van der Waals surface area contributed by atoms with Crippen LogP contribution in [0.25, 0.3) is 0 Å². The predicted octanol–water partition coefficient (Wildman–Crippen LogP) is 2.21. The van der Waals surface area contributed by atoms with Gasteiger partial charge in [0.1, 0.15) is 0 Å². The smallest absolute Gasteiger partial charge is 0.252 e. The van der Waals surface area contributed by atoms with E-state index in [-0.39, 0.29) is 32.1 Å². The Labute approximate surface area is 240 Å². The number of hydrogen-bond donors (Lipinski definition) is 2. The van der Waals surface area contributed by atoms with Crippen molar-refractivity contribution < 1.29 is 29.4 Å². The summed E-state index contributed by atoms with van der Waals surface area (Å²) in [5.74, 6) is -3.49. The van der Waals surface area contributed by atoms with Gasteiger partial charge in [0.05, 0.1) is 36.1 Å². The number of rotatable bonds is 15. The summed E-state index contributed by atoms with van der Waals surface area (Å²) in [6, 6.07) is 16.0. The summed E-state index contributed by atoms with van der Waals surface area (Å²) in [4.78, 5) is 49.5. The fourth-order valence-corrected chi connectivity index (χ4v) is 6.04. The van der Waals surface area contributed by atoms with E-state index >= 15 is 0 Å². The van der Waals surface area contributed by atoms with Gasteiger partial charge >= 0.3 is 0 Å². The lowest BCUT2D eigenvalue weighted by Crippen LogP contribution is -2.44. The van der Waals surface area contributed by atoms with Gasteiger partial charge in [-0.25, -0.2) is 0 Å². The highest BCUT2D eigenvalue weighted by Crippen LogP contribution is 2.40. The van der Waals surface area contributed by atoms with Crippen LogP contribution in [0, 0.1) is 28.1 Å². The second kappa shape index (κ2) is 15.6. The molecule has 0 aliphatic carbocycles. The number of aliphatic carboxylic acids is 2. The van der Waals surface area contributed by atoms with Crippen molar-refractivity contribution in [2.75, 3.05) is 0 Å². The number of hydrogen-bond acceptors (Lipinski definition) is 10. The SMILES string of the molecule is CC(C)(C[C@H](CC#N)NC(=O)c1ccccc1SSc1ccccc1C(=O)N[C@@H](CC#N)CCC(=O)[O-])C(=O)[O-]. The molecule has 2 rings (SSSR count). The zero-order valence-electron chi connectivity index (χ0n) is 22.0. The van der Waals surface area contributed by atoms with Crippen LogP contribution in [0.2, 0.25) is 0 Å². The van der Waals surface area contributed by atoms with Crippen molar-refractivity contribution in [3.8, 4) is 12.1 Å². The molecular weight excluding hydrogens is 552 g/mol. The third-order valence-corrected chi connectivity index (χ3v) is 8.32. The first kappa shape index (κ1) is 32.2. The lowest BCUT2D eigenvalue weighted by molar-refractivity contribution is -0.318. The number of amides is 2. The molecule has 0 spiro atoms. The highest BCUT2D eigenvalue weighted by Gasteiger charge is 2.27. The van der Waals surface area contributed by atoms with E-state index < -0.39 is 41.3 Å². The third-order valence-electron chi connectivity index (χ3n) is 5.84. The number of nitriles is 2. The first-order valence-electron chi connectivity index (χ1n) is 12.3. The van der Waals surface area contributed by atoms with Crippen LogP contribution in [0.3, 0.4) is 0 Å². The second-order valence-corrected chi connectivity index (χ2v) is 11.7. The molecule has 40 heavy (non-hydrogen) atoms. The minimum atomic E-state index is -1.28. The van der Waals surface area contributed by atoms with Crippen LogP contribution >= 0.6 is 21.6 Å². The van der Waals surface area contributed by atoms with Gasteiger partial charge in [0.2, 0.25) is 0 Å². The molecule has 0 aromatic heterocycles. The van der Waals surface area contributed by atoms with Crippen LogP contribution in [0.15, 0.2) is 58.3 Å². The number of carbonyl (C=O) groups excluding carboxylic acids is 4. The maximum Gasteiger partial charge on any atom is 0.252 e. The molecule has 0 bridgehead atoms. The quantitative estimate of drug-likeness (QED) is 0.296. The van der Waals surface area contributed by atoms with Crippen LogP contribution in [-0.2, 0) is 9.59 Å². The Morgan fingerprint density at radius 1 is 0.825 bits per heavy atom. The minimum absolute atomic E-state index is 0.0109. The van der Waals surface area contributed by atoms with Crippen molar-refractivity contribution in [1.82, 2.24) is 10.6 Å². The van der Waals surface area contributed by atoms with Crippen LogP contribution in [0.5, 0.6) is 0 Å². The summed E-state index contributed by atoms with van der Waals surface area (Å²) < 4.78 is 0. The molecule has 210 valence electrons. The largest absolute Gasteiger partial charge is 0.550 e. The van der Waals surface area contributed by atoms with Crippen LogP contribution < -0.4 is 20.8 Å². The fourth-order valence-electron chi connectivity index (χ4n) is 3.68. The average molecular weight is 581 g/mol. The van der Waals surface area contributed by atoms with Gasteiger partial charge < -0.3 is 30.4 Å². The Bertz CT molecular complexity index is 1320. The standard InChI is InChI=1S/C28H30N4O6S2/c1-28(2,27(37)38)17-19(14-16-30)32-26(36)21-8-4-6-10-23(21)40-39-22-9-5-3-7-20(22)25(35)31-18(13-15-29)11-12-24(33)34/h3-10,18-19H,11-14,17H2,1-2H3,(H,31,35)(H,32,36)(H,33,34)(H,37,38)/p-2/t18-,19+/m1/s1. The van der Waals surface area contributed by atoms with Gasteiger partial charge in [-0.3, -0.25) is 9.59 Å². The molecule has 0 unspecified atom stereocenters. The van der Waals surface area contributed by atoms with E-state index in [1.54, 1.807) is 48.5 Å². The first-order valence-corrected chi connectivity index (χ1v) is 14.4. The maximum absolute atomic E-state index is 13.1. The molecule has 2 atom stereocenters. The van der Waals surface area contributed by atoms with E-state index in [9.17, 15) is 34.7 Å². The van der Waals surface area contributed by atoms with Gasteiger partial charge in [-0.2, -0.15) is 10.5 Å². The molecule has 2 amide bonds. The van der Waals surface area contributed by atoms with Gasteiger partial charge in [0, 0.05) is 39.2 Å². The molecule has 0 aliphatic heterocycles. The molecule has 0 aliphatic rings. The Morgan fingerprint density at radius 2 is 1.27 bits per heavy atom. The van der Waals surface area contributed by atoms with Gasteiger partial charge in [0.15, 0.2) is 0 Å². The summed E-state index contributed by atoms with van der Waals surface area (Å²) in [5.41, 5.74) is -0.621. The monoisotopic (exact) mass is 580 g/mol. The number of carbonyl (C=O) groups is 4. The van der Waals surface area contributed by atoms with Crippen LogP contribution in [0.4, 0.5) is 0 Å². The molecule has 0 saturated heterocycles. The topological polar surface area (TPSA) is 186 Å². The fraction of sp³-hybridized carbons (Fsp3) is 0.357. The maximum atomic E-state index is 13.1. The molecule has 0 heterocycles. The highest BCUT2D eigenvalue weighted by atomic mass is 33.1. The molecule has 10 nitrogen and oxygen atoms in total. The molecule has 2 N–H and O–H groups in total. The zero-order chi connectivity index (χ0) is 29.7. The molecule has 12 heteroatoms. The Kier molecular flexibility index (Phi) is 12.5. The number of carboxylic acid groups (broad SMARTS) is 2. The Hall–Kier alpha value is -4.00. The molecule has 0 saturated carbocycles. The molecule has 0 fully saturated rings. The average Bonchev–Trinajstić information content (AvgIpc) is 2.90. The summed E-state index contributed by atoms with van der Waals surface area (Å²) in [6.45, 7) is 2.94. The molecule has 0 radical (unpaired) electrons. The third kappa shape index (κ3) is 9.95. The second-order valence-electron chi connectivity index (χ2n) is 9.51. The van der Waals surface area contributed by atoms with Crippen molar-refractivity contribution >= 4 is 45.3 Å². The number of nitrogens with zero attached hydrogens (tertiary/aromatic N) is 2. The van der Waals surface area contributed by atoms with Crippen molar-refractivity contribution in [1.29, 1.82) is 10.5 Å². The lowest BCUT2D eigenvalue weighted by atomic mass is 9.85. The Morgan fingerprint density at radius 3 is 1.73 bits per heavy atom. The van der Waals surface area contributed by atoms with E-state index in [2.05, 4.69) is 10.6 Å². The van der Waals surface area contributed by atoms with Crippen molar-refractivity contribution in [3.05, 3.63) is 59.7 Å².